The zero-order chi connectivity index (χ0) is 22.2. The van der Waals surface area contributed by atoms with Gasteiger partial charge in [0.25, 0.3) is 11.7 Å². The topological polar surface area (TPSA) is 79.7 Å². The average Bonchev–Trinajstić information content (AvgIpc) is 3.31. The van der Waals surface area contributed by atoms with E-state index in [1.165, 1.54) is 4.90 Å². The van der Waals surface area contributed by atoms with Gasteiger partial charge in [-0.1, -0.05) is 36.4 Å². The second-order valence-electron chi connectivity index (χ2n) is 8.15. The van der Waals surface area contributed by atoms with E-state index in [-0.39, 0.29) is 24.0 Å². The van der Waals surface area contributed by atoms with Gasteiger partial charge in [-0.05, 0) is 47.9 Å². The number of carbonyl (C=O) groups is 2. The van der Waals surface area contributed by atoms with Crippen LogP contribution in [-0.2, 0) is 22.6 Å². The summed E-state index contributed by atoms with van der Waals surface area (Å²) in [5.41, 5.74) is 3.10. The molecule has 2 aliphatic rings. The Bertz CT molecular complexity index is 1220. The molecule has 1 aromatic heterocycles. The normalized spacial score (nSPS) is 21.5. The quantitative estimate of drug-likeness (QED) is 0.387. The van der Waals surface area contributed by atoms with Crippen LogP contribution < -0.4 is 4.74 Å². The molecule has 1 saturated heterocycles. The maximum Gasteiger partial charge on any atom is 0.295 e. The highest BCUT2D eigenvalue weighted by atomic mass is 16.5. The van der Waals surface area contributed by atoms with Crippen LogP contribution in [0.5, 0.6) is 5.75 Å². The molecular formula is C26H22N2O4. The van der Waals surface area contributed by atoms with Gasteiger partial charge < -0.3 is 14.7 Å². The van der Waals surface area contributed by atoms with Gasteiger partial charge in [-0.15, -0.1) is 0 Å². The lowest BCUT2D eigenvalue weighted by Crippen LogP contribution is -2.29. The Labute approximate surface area is 185 Å². The number of aromatic nitrogens is 1. The van der Waals surface area contributed by atoms with Gasteiger partial charge >= 0.3 is 0 Å². The number of amides is 1. The van der Waals surface area contributed by atoms with Crippen LogP contribution in [0.15, 0.2) is 78.6 Å². The maximum atomic E-state index is 13.1. The molecule has 2 atom stereocenters. The summed E-state index contributed by atoms with van der Waals surface area (Å²) >= 11 is 0. The van der Waals surface area contributed by atoms with Gasteiger partial charge in [0.2, 0.25) is 0 Å². The molecule has 2 aliphatic heterocycles. The van der Waals surface area contributed by atoms with Crippen LogP contribution >= 0.6 is 0 Å². The Morgan fingerprint density at radius 3 is 2.69 bits per heavy atom. The number of hydrogen-bond donors (Lipinski definition) is 1. The summed E-state index contributed by atoms with van der Waals surface area (Å²) < 4.78 is 5.74. The molecule has 1 amide bonds. The minimum absolute atomic E-state index is 0.0641. The van der Waals surface area contributed by atoms with E-state index in [2.05, 4.69) is 4.98 Å². The van der Waals surface area contributed by atoms with E-state index in [1.54, 1.807) is 30.6 Å². The molecule has 0 saturated carbocycles. The number of aliphatic hydroxyl groups excluding tert-OH is 1. The van der Waals surface area contributed by atoms with Crippen LogP contribution in [0.3, 0.4) is 0 Å². The number of rotatable bonds is 4. The molecule has 160 valence electrons. The first-order valence-corrected chi connectivity index (χ1v) is 10.5. The highest BCUT2D eigenvalue weighted by Crippen LogP contribution is 2.41. The van der Waals surface area contributed by atoms with Crippen molar-refractivity contribution in [2.45, 2.75) is 32.0 Å². The number of pyridine rings is 1. The minimum Gasteiger partial charge on any atom is -0.507 e. The van der Waals surface area contributed by atoms with E-state index in [1.807, 2.05) is 49.4 Å². The lowest BCUT2D eigenvalue weighted by Gasteiger charge is -2.25. The fourth-order valence-corrected chi connectivity index (χ4v) is 4.43. The van der Waals surface area contributed by atoms with Crippen molar-refractivity contribution >= 4 is 17.4 Å². The lowest BCUT2D eigenvalue weighted by atomic mass is 9.95. The molecule has 5 rings (SSSR count). The summed E-state index contributed by atoms with van der Waals surface area (Å²) in [6, 6.07) is 17.7. The maximum absolute atomic E-state index is 13.1. The van der Waals surface area contributed by atoms with Gasteiger partial charge in [0.05, 0.1) is 11.6 Å². The standard InChI is InChI=1S/C26H22N2O4/c1-16-12-20-13-18(9-10-21(20)32-16)24(29)22-23(19-8-5-11-27-14-19)28(26(31)25(22)30)15-17-6-3-2-4-7-17/h2-11,13-14,16,23,29H,12,15H2,1H3/b24-22-. The molecule has 6 heteroatoms. The van der Waals surface area contributed by atoms with Crippen LogP contribution in [0.2, 0.25) is 0 Å². The van der Waals surface area contributed by atoms with Crippen LogP contribution in [0.25, 0.3) is 5.76 Å². The monoisotopic (exact) mass is 426 g/mol. The number of fused-ring (bicyclic) bond motifs is 1. The zero-order valence-electron chi connectivity index (χ0n) is 17.6. The number of ketones is 1. The van der Waals surface area contributed by atoms with Crippen molar-refractivity contribution < 1.29 is 19.4 Å². The Balaban J connectivity index is 1.62. The van der Waals surface area contributed by atoms with E-state index in [4.69, 9.17) is 4.74 Å². The SMILES string of the molecule is CC1Cc2cc(/C(O)=C3/C(=O)C(=O)N(Cc4ccccc4)C3c3cccnc3)ccc2O1. The molecular weight excluding hydrogens is 404 g/mol. The van der Waals surface area contributed by atoms with Crippen molar-refractivity contribution in [2.75, 3.05) is 0 Å². The fourth-order valence-electron chi connectivity index (χ4n) is 4.43. The number of hydrogen-bond acceptors (Lipinski definition) is 5. The smallest absolute Gasteiger partial charge is 0.295 e. The van der Waals surface area contributed by atoms with E-state index in [0.29, 0.717) is 11.1 Å². The van der Waals surface area contributed by atoms with E-state index < -0.39 is 17.7 Å². The van der Waals surface area contributed by atoms with Crippen LogP contribution in [0.1, 0.15) is 35.2 Å². The third kappa shape index (κ3) is 3.43. The highest BCUT2D eigenvalue weighted by Gasteiger charge is 2.46. The Hall–Kier alpha value is -3.93. The fraction of sp³-hybridized carbons (Fsp3) is 0.192. The third-order valence-electron chi connectivity index (χ3n) is 5.91. The van der Waals surface area contributed by atoms with Gasteiger partial charge in [0.15, 0.2) is 0 Å². The van der Waals surface area contributed by atoms with Crippen LogP contribution in [-0.4, -0.2) is 32.8 Å². The Morgan fingerprint density at radius 1 is 1.12 bits per heavy atom. The van der Waals surface area contributed by atoms with Crippen molar-refractivity contribution in [3.05, 3.63) is 101 Å². The number of benzene rings is 2. The molecule has 1 fully saturated rings. The van der Waals surface area contributed by atoms with Gasteiger partial charge in [-0.25, -0.2) is 0 Å². The van der Waals surface area contributed by atoms with Crippen molar-refractivity contribution in [2.24, 2.45) is 0 Å². The van der Waals surface area contributed by atoms with Gasteiger partial charge in [-0.3, -0.25) is 14.6 Å². The highest BCUT2D eigenvalue weighted by molar-refractivity contribution is 6.46. The van der Waals surface area contributed by atoms with Crippen molar-refractivity contribution in [1.29, 1.82) is 0 Å². The number of nitrogens with zero attached hydrogens (tertiary/aromatic N) is 2. The lowest BCUT2D eigenvalue weighted by molar-refractivity contribution is -0.140. The summed E-state index contributed by atoms with van der Waals surface area (Å²) in [7, 11) is 0. The molecule has 2 unspecified atom stereocenters. The largest absolute Gasteiger partial charge is 0.507 e. The number of carbonyl (C=O) groups excluding carboxylic acids is 2. The van der Waals surface area contributed by atoms with Gasteiger partial charge in [0.1, 0.15) is 17.6 Å². The molecule has 0 aliphatic carbocycles. The Kier molecular flexibility index (Phi) is 4.98. The number of Topliss-reactive ketones (excluding diaryl/α,β-unsaturated/α-hetero) is 1. The van der Waals surface area contributed by atoms with Crippen molar-refractivity contribution in [3.63, 3.8) is 0 Å². The summed E-state index contributed by atoms with van der Waals surface area (Å²) in [6.07, 6.45) is 4.05. The van der Waals surface area contributed by atoms with Crippen LogP contribution in [0.4, 0.5) is 0 Å². The summed E-state index contributed by atoms with van der Waals surface area (Å²) in [6.45, 7) is 2.23. The molecule has 2 aromatic carbocycles. The number of likely N-dealkylation sites (tertiary alicyclic amines) is 1. The zero-order valence-corrected chi connectivity index (χ0v) is 17.6. The van der Waals surface area contributed by atoms with E-state index >= 15 is 0 Å². The number of ether oxygens (including phenoxy) is 1. The third-order valence-corrected chi connectivity index (χ3v) is 5.91. The molecule has 0 radical (unpaired) electrons. The molecule has 0 spiro atoms. The second kappa shape index (κ2) is 7.96. The van der Waals surface area contributed by atoms with Crippen molar-refractivity contribution in [1.82, 2.24) is 9.88 Å². The minimum atomic E-state index is -0.729. The van der Waals surface area contributed by atoms with Gasteiger partial charge in [-0.2, -0.15) is 0 Å². The van der Waals surface area contributed by atoms with Crippen LogP contribution in [0, 0.1) is 0 Å². The van der Waals surface area contributed by atoms with E-state index in [0.717, 1.165) is 23.3 Å². The Morgan fingerprint density at radius 2 is 1.94 bits per heavy atom. The first-order chi connectivity index (χ1) is 15.5. The summed E-state index contributed by atoms with van der Waals surface area (Å²) in [5.74, 6) is -0.739. The van der Waals surface area contributed by atoms with Gasteiger partial charge in [0, 0.05) is 30.9 Å². The molecule has 32 heavy (non-hydrogen) atoms. The number of aliphatic hydroxyl groups is 1. The average molecular weight is 426 g/mol. The molecule has 0 bridgehead atoms. The van der Waals surface area contributed by atoms with E-state index in [9.17, 15) is 14.7 Å². The van der Waals surface area contributed by atoms with Crippen molar-refractivity contribution in [3.8, 4) is 5.75 Å². The molecule has 6 nitrogen and oxygen atoms in total. The second-order valence-corrected chi connectivity index (χ2v) is 8.15. The molecule has 1 N–H and O–H groups in total. The summed E-state index contributed by atoms with van der Waals surface area (Å²) in [5, 5.41) is 11.2. The summed E-state index contributed by atoms with van der Waals surface area (Å²) in [4.78, 5) is 31.9. The predicted octanol–water partition coefficient (Wildman–Crippen LogP) is 4.03. The first kappa shape index (κ1) is 20.0. The molecule has 3 aromatic rings. The predicted molar refractivity (Wildman–Crippen MR) is 119 cm³/mol. The first-order valence-electron chi connectivity index (χ1n) is 10.5. The molecule has 3 heterocycles.